The third-order valence-electron chi connectivity index (χ3n) is 10.8. The van der Waals surface area contributed by atoms with Gasteiger partial charge in [-0.05, 0) is 116 Å². The minimum atomic E-state index is -0.0487. The van der Waals surface area contributed by atoms with Gasteiger partial charge in [-0.2, -0.15) is 0 Å². The molecule has 0 amide bonds. The molecule has 0 saturated heterocycles. The van der Waals surface area contributed by atoms with Crippen molar-refractivity contribution >= 4 is 5.97 Å². The number of carbonyl (C=O) groups excluding carboxylic acids is 1. The summed E-state index contributed by atoms with van der Waals surface area (Å²) in [6.07, 6.45) is 13.1. The molecule has 9 atom stereocenters. The van der Waals surface area contributed by atoms with Gasteiger partial charge in [-0.3, -0.25) is 4.79 Å². The highest BCUT2D eigenvalue weighted by atomic mass is 16.5. The smallest absolute Gasteiger partial charge is 0.305 e. The number of fused-ring (bicyclic) bond motifs is 5. The molecular formula is C28H48O3. The van der Waals surface area contributed by atoms with E-state index in [1.54, 1.807) is 0 Å². The molecular weight excluding hydrogens is 384 g/mol. The van der Waals surface area contributed by atoms with Gasteiger partial charge in [-0.1, -0.05) is 34.6 Å². The number of carbonyl (C=O) groups is 1. The lowest BCUT2D eigenvalue weighted by Crippen LogP contribution is -2.54. The number of aliphatic hydroxyl groups is 1. The van der Waals surface area contributed by atoms with Crippen molar-refractivity contribution in [3.8, 4) is 0 Å². The van der Waals surface area contributed by atoms with Gasteiger partial charge in [-0.15, -0.1) is 0 Å². The van der Waals surface area contributed by atoms with Crippen molar-refractivity contribution < 1.29 is 14.6 Å². The van der Waals surface area contributed by atoms with E-state index in [9.17, 15) is 9.90 Å². The van der Waals surface area contributed by atoms with Gasteiger partial charge in [0.25, 0.3) is 0 Å². The van der Waals surface area contributed by atoms with Crippen LogP contribution in [0, 0.1) is 52.3 Å². The summed E-state index contributed by atoms with van der Waals surface area (Å²) in [5.41, 5.74) is 0.924. The molecule has 1 unspecified atom stereocenters. The first-order valence-corrected chi connectivity index (χ1v) is 13.5. The number of hydrogen-bond donors (Lipinski definition) is 1. The van der Waals surface area contributed by atoms with Gasteiger partial charge in [0.15, 0.2) is 0 Å². The normalized spacial score (nSPS) is 45.5. The SMILES string of the molecule is CC(C)COC(=O)CC[C@@H](C)[C@H]1CC[C@H]2[C@@H]3CCC4C[C@H](O)CC[C@]4(C)[C@H]3CC[C@]12C. The summed E-state index contributed by atoms with van der Waals surface area (Å²) < 4.78 is 5.43. The van der Waals surface area contributed by atoms with E-state index in [2.05, 4.69) is 34.6 Å². The second-order valence-corrected chi connectivity index (χ2v) is 12.9. The second-order valence-electron chi connectivity index (χ2n) is 12.9. The Bertz CT molecular complexity index is 644. The molecule has 4 rings (SSSR count). The number of hydrogen-bond acceptors (Lipinski definition) is 3. The Morgan fingerprint density at radius 1 is 0.968 bits per heavy atom. The van der Waals surface area contributed by atoms with E-state index >= 15 is 0 Å². The minimum Gasteiger partial charge on any atom is -0.465 e. The van der Waals surface area contributed by atoms with Crippen LogP contribution in [-0.4, -0.2) is 23.8 Å². The summed E-state index contributed by atoms with van der Waals surface area (Å²) in [4.78, 5) is 12.2. The van der Waals surface area contributed by atoms with E-state index in [1.165, 1.54) is 44.9 Å². The van der Waals surface area contributed by atoms with Crippen molar-refractivity contribution in [2.45, 2.75) is 111 Å². The predicted molar refractivity (Wildman–Crippen MR) is 125 cm³/mol. The summed E-state index contributed by atoms with van der Waals surface area (Å²) in [5.74, 6) is 5.15. The average Bonchev–Trinajstić information content (AvgIpc) is 3.08. The van der Waals surface area contributed by atoms with E-state index in [0.717, 1.165) is 48.9 Å². The molecule has 0 aliphatic heterocycles. The molecule has 4 aliphatic rings. The van der Waals surface area contributed by atoms with Gasteiger partial charge in [0, 0.05) is 6.42 Å². The molecule has 178 valence electrons. The maximum atomic E-state index is 12.2. The zero-order valence-electron chi connectivity index (χ0n) is 20.9. The molecule has 0 aromatic heterocycles. The Morgan fingerprint density at radius 2 is 1.68 bits per heavy atom. The average molecular weight is 433 g/mol. The molecule has 0 bridgehead atoms. The van der Waals surface area contributed by atoms with Crippen molar-refractivity contribution in [3.05, 3.63) is 0 Å². The maximum absolute atomic E-state index is 12.2. The molecule has 4 fully saturated rings. The second kappa shape index (κ2) is 8.99. The molecule has 0 aromatic rings. The van der Waals surface area contributed by atoms with Gasteiger partial charge in [0.2, 0.25) is 0 Å². The van der Waals surface area contributed by atoms with E-state index < -0.39 is 0 Å². The molecule has 4 saturated carbocycles. The van der Waals surface area contributed by atoms with Gasteiger partial charge in [0.05, 0.1) is 12.7 Å². The summed E-state index contributed by atoms with van der Waals surface area (Å²) in [6.45, 7) is 12.3. The van der Waals surface area contributed by atoms with E-state index in [-0.39, 0.29) is 12.1 Å². The van der Waals surface area contributed by atoms with Crippen LogP contribution in [0.1, 0.15) is 105 Å². The van der Waals surface area contributed by atoms with Crippen molar-refractivity contribution in [2.24, 2.45) is 52.3 Å². The number of esters is 1. The molecule has 4 aliphatic carbocycles. The van der Waals surface area contributed by atoms with Crippen LogP contribution in [0.3, 0.4) is 0 Å². The first-order valence-electron chi connectivity index (χ1n) is 13.5. The lowest BCUT2D eigenvalue weighted by atomic mass is 9.44. The van der Waals surface area contributed by atoms with Crippen LogP contribution in [0.25, 0.3) is 0 Å². The fraction of sp³-hybridized carbons (Fsp3) is 0.964. The van der Waals surface area contributed by atoms with Crippen LogP contribution in [-0.2, 0) is 9.53 Å². The summed E-state index contributed by atoms with van der Waals surface area (Å²) in [5, 5.41) is 10.3. The highest BCUT2D eigenvalue weighted by molar-refractivity contribution is 5.69. The van der Waals surface area contributed by atoms with Gasteiger partial charge < -0.3 is 9.84 Å². The van der Waals surface area contributed by atoms with Crippen molar-refractivity contribution in [1.29, 1.82) is 0 Å². The minimum absolute atomic E-state index is 0.00492. The third-order valence-corrected chi connectivity index (χ3v) is 10.8. The highest BCUT2D eigenvalue weighted by Crippen LogP contribution is 2.68. The van der Waals surface area contributed by atoms with Gasteiger partial charge in [-0.25, -0.2) is 0 Å². The lowest BCUT2D eigenvalue weighted by Gasteiger charge is -2.61. The Hall–Kier alpha value is -0.570. The summed E-state index contributed by atoms with van der Waals surface area (Å²) in [6, 6.07) is 0. The van der Waals surface area contributed by atoms with E-state index in [0.29, 0.717) is 35.7 Å². The van der Waals surface area contributed by atoms with Gasteiger partial charge >= 0.3 is 5.97 Å². The molecule has 0 aromatic carbocycles. The van der Waals surface area contributed by atoms with Crippen LogP contribution >= 0.6 is 0 Å². The van der Waals surface area contributed by atoms with E-state index in [4.69, 9.17) is 4.74 Å². The number of aliphatic hydroxyl groups excluding tert-OH is 1. The molecule has 1 N–H and O–H groups in total. The molecule has 31 heavy (non-hydrogen) atoms. The fourth-order valence-electron chi connectivity index (χ4n) is 9.09. The Labute approximate surface area is 191 Å². The quantitative estimate of drug-likeness (QED) is 0.480. The van der Waals surface area contributed by atoms with Crippen LogP contribution in [0.4, 0.5) is 0 Å². The van der Waals surface area contributed by atoms with Gasteiger partial charge in [0.1, 0.15) is 0 Å². The zero-order chi connectivity index (χ0) is 22.4. The maximum Gasteiger partial charge on any atom is 0.305 e. The summed E-state index contributed by atoms with van der Waals surface area (Å²) >= 11 is 0. The molecule has 0 spiro atoms. The Balaban J connectivity index is 1.39. The first kappa shape index (κ1) is 23.6. The standard InChI is InChI=1S/C28H48O3/c1-18(2)17-31-26(30)11-6-19(3)23-9-10-24-22-8-7-20-16-21(29)12-14-27(20,4)25(22)13-15-28(23,24)5/h18-25,29H,6-17H2,1-5H3/t19-,20?,21-,22+,23-,24+,25+,27+,28-/m1/s1. The van der Waals surface area contributed by atoms with Crippen LogP contribution in [0.15, 0.2) is 0 Å². The van der Waals surface area contributed by atoms with Crippen molar-refractivity contribution in [2.75, 3.05) is 6.61 Å². The molecule has 3 nitrogen and oxygen atoms in total. The third kappa shape index (κ3) is 4.34. The molecule has 0 heterocycles. The Kier molecular flexibility index (Phi) is 6.84. The number of rotatable bonds is 6. The predicted octanol–water partition coefficient (Wildman–Crippen LogP) is 6.62. The first-order chi connectivity index (χ1) is 14.6. The largest absolute Gasteiger partial charge is 0.465 e. The van der Waals surface area contributed by atoms with Crippen LogP contribution in [0.5, 0.6) is 0 Å². The Morgan fingerprint density at radius 3 is 2.42 bits per heavy atom. The van der Waals surface area contributed by atoms with Crippen molar-refractivity contribution in [3.63, 3.8) is 0 Å². The van der Waals surface area contributed by atoms with Crippen molar-refractivity contribution in [1.82, 2.24) is 0 Å². The molecule has 3 heteroatoms. The lowest BCUT2D eigenvalue weighted by molar-refractivity contribution is -0.145. The highest BCUT2D eigenvalue weighted by Gasteiger charge is 2.60. The summed E-state index contributed by atoms with van der Waals surface area (Å²) in [7, 11) is 0. The van der Waals surface area contributed by atoms with E-state index in [1.807, 2.05) is 0 Å². The topological polar surface area (TPSA) is 46.5 Å². The number of ether oxygens (including phenoxy) is 1. The fourth-order valence-corrected chi connectivity index (χ4v) is 9.09. The monoisotopic (exact) mass is 432 g/mol. The zero-order valence-corrected chi connectivity index (χ0v) is 20.9. The molecule has 0 radical (unpaired) electrons. The van der Waals surface area contributed by atoms with Crippen LogP contribution in [0.2, 0.25) is 0 Å². The van der Waals surface area contributed by atoms with Crippen LogP contribution < -0.4 is 0 Å².